The third-order valence-corrected chi connectivity index (χ3v) is 3.93. The fourth-order valence-electron chi connectivity index (χ4n) is 1.89. The van der Waals surface area contributed by atoms with Gasteiger partial charge in [-0.25, -0.2) is 8.42 Å². The van der Waals surface area contributed by atoms with Crippen LogP contribution in [0.2, 0.25) is 0 Å². The Morgan fingerprint density at radius 3 is 2.59 bits per heavy atom. The summed E-state index contributed by atoms with van der Waals surface area (Å²) in [6, 6.07) is -0.753. The lowest BCUT2D eigenvalue weighted by atomic mass is 10.2. The number of hydrogen-bond acceptors (Lipinski definition) is 5. The molecule has 6 nitrogen and oxygen atoms in total. The molecule has 100 valence electrons. The third-order valence-electron chi connectivity index (χ3n) is 2.67. The first-order chi connectivity index (χ1) is 7.90. The summed E-state index contributed by atoms with van der Waals surface area (Å²) >= 11 is 0. The molecule has 1 saturated heterocycles. The van der Waals surface area contributed by atoms with E-state index in [2.05, 4.69) is 4.74 Å². The minimum absolute atomic E-state index is 0.221. The van der Waals surface area contributed by atoms with E-state index in [0.29, 0.717) is 13.0 Å². The quantitative estimate of drug-likeness (QED) is 0.654. The first kappa shape index (κ1) is 14.4. The lowest BCUT2D eigenvalue weighted by Crippen LogP contribution is -2.40. The van der Waals surface area contributed by atoms with Gasteiger partial charge in [-0.3, -0.25) is 4.79 Å². The third kappa shape index (κ3) is 3.65. The van der Waals surface area contributed by atoms with Crippen molar-refractivity contribution in [3.8, 4) is 0 Å². The molecule has 0 unspecified atom stereocenters. The predicted molar refractivity (Wildman–Crippen MR) is 62.0 cm³/mol. The van der Waals surface area contributed by atoms with Crippen LogP contribution < -0.4 is 0 Å². The van der Waals surface area contributed by atoms with Crippen LogP contribution in [0.4, 0.5) is 0 Å². The summed E-state index contributed by atoms with van der Waals surface area (Å²) in [5.41, 5.74) is 0. The van der Waals surface area contributed by atoms with Gasteiger partial charge < -0.3 is 9.47 Å². The Labute approximate surface area is 102 Å². The van der Waals surface area contributed by atoms with Crippen LogP contribution in [-0.4, -0.2) is 57.4 Å². The molecule has 0 aromatic heterocycles. The van der Waals surface area contributed by atoms with Gasteiger partial charge >= 0.3 is 5.97 Å². The predicted octanol–water partition coefficient (Wildman–Crippen LogP) is -0.0115. The van der Waals surface area contributed by atoms with E-state index >= 15 is 0 Å². The zero-order valence-electron chi connectivity index (χ0n) is 10.4. The van der Waals surface area contributed by atoms with Gasteiger partial charge in [0.1, 0.15) is 6.04 Å². The molecular weight excluding hydrogens is 246 g/mol. The van der Waals surface area contributed by atoms with Crippen LogP contribution in [0.5, 0.6) is 0 Å². The van der Waals surface area contributed by atoms with Crippen molar-refractivity contribution in [1.29, 1.82) is 0 Å². The monoisotopic (exact) mass is 265 g/mol. The Bertz CT molecular complexity index is 367. The largest absolute Gasteiger partial charge is 0.468 e. The Morgan fingerprint density at radius 1 is 1.47 bits per heavy atom. The highest BCUT2D eigenvalue weighted by Crippen LogP contribution is 2.24. The molecule has 1 fully saturated rings. The molecular formula is C10H19NO5S. The van der Waals surface area contributed by atoms with Crippen molar-refractivity contribution in [3.05, 3.63) is 0 Å². The minimum Gasteiger partial charge on any atom is -0.468 e. The lowest BCUT2D eigenvalue weighted by molar-refractivity contribution is -0.144. The zero-order valence-corrected chi connectivity index (χ0v) is 11.2. The molecule has 0 radical (unpaired) electrons. The number of carbonyl (C=O) groups excluding carboxylic acids is 1. The average Bonchev–Trinajstić information content (AvgIpc) is 2.69. The van der Waals surface area contributed by atoms with Gasteiger partial charge in [0.2, 0.25) is 10.0 Å². The fourth-order valence-corrected chi connectivity index (χ4v) is 2.96. The molecule has 0 spiro atoms. The van der Waals surface area contributed by atoms with Crippen molar-refractivity contribution in [3.63, 3.8) is 0 Å². The number of sulfonamides is 1. The van der Waals surface area contributed by atoms with Crippen molar-refractivity contribution in [2.24, 2.45) is 0 Å². The van der Waals surface area contributed by atoms with Gasteiger partial charge in [-0.1, -0.05) is 6.92 Å². The summed E-state index contributed by atoms with van der Waals surface area (Å²) in [5.74, 6) is -0.530. The molecule has 17 heavy (non-hydrogen) atoms. The highest BCUT2D eigenvalue weighted by atomic mass is 32.2. The number of hydrogen-bond donors (Lipinski definition) is 0. The van der Waals surface area contributed by atoms with Gasteiger partial charge in [0.05, 0.1) is 19.5 Å². The van der Waals surface area contributed by atoms with Crippen LogP contribution in [0.15, 0.2) is 0 Å². The van der Waals surface area contributed by atoms with E-state index in [-0.39, 0.29) is 12.6 Å². The van der Waals surface area contributed by atoms with Gasteiger partial charge in [-0.2, -0.15) is 4.31 Å². The number of carbonyl (C=O) groups is 1. The standard InChI is InChI=1S/C10H19NO5S/c1-4-5-16-8-6-9(10(12)15-2)11(7-8)17(3,13)14/h8-9H,4-7H2,1-3H3/t8-,9-/m0/s1. The number of methoxy groups -OCH3 is 1. The second-order valence-corrected chi connectivity index (χ2v) is 6.04. The Morgan fingerprint density at radius 2 is 2.12 bits per heavy atom. The van der Waals surface area contributed by atoms with Crippen molar-refractivity contribution in [2.45, 2.75) is 31.9 Å². The molecule has 0 saturated carbocycles. The van der Waals surface area contributed by atoms with E-state index in [1.54, 1.807) is 0 Å². The molecule has 1 rings (SSSR count). The maximum atomic E-state index is 11.5. The second-order valence-electron chi connectivity index (χ2n) is 4.10. The Hall–Kier alpha value is -0.660. The van der Waals surface area contributed by atoms with Crippen molar-refractivity contribution < 1.29 is 22.7 Å². The van der Waals surface area contributed by atoms with Crippen LogP contribution in [0.3, 0.4) is 0 Å². The van der Waals surface area contributed by atoms with Gasteiger partial charge in [0, 0.05) is 19.6 Å². The number of rotatable bonds is 5. The molecule has 1 aliphatic heterocycles. The van der Waals surface area contributed by atoms with Crippen LogP contribution in [0, 0.1) is 0 Å². The van der Waals surface area contributed by atoms with Crippen LogP contribution in [0.25, 0.3) is 0 Å². The summed E-state index contributed by atoms with van der Waals surface area (Å²) in [4.78, 5) is 11.5. The van der Waals surface area contributed by atoms with Crippen LogP contribution >= 0.6 is 0 Å². The van der Waals surface area contributed by atoms with Gasteiger partial charge in [0.25, 0.3) is 0 Å². The van der Waals surface area contributed by atoms with E-state index in [4.69, 9.17) is 4.74 Å². The van der Waals surface area contributed by atoms with E-state index in [0.717, 1.165) is 17.0 Å². The van der Waals surface area contributed by atoms with Crippen LogP contribution in [-0.2, 0) is 24.3 Å². The number of nitrogens with zero attached hydrogens (tertiary/aromatic N) is 1. The molecule has 0 aliphatic carbocycles. The van der Waals surface area contributed by atoms with Crippen LogP contribution in [0.1, 0.15) is 19.8 Å². The lowest BCUT2D eigenvalue weighted by Gasteiger charge is -2.19. The molecule has 0 aromatic carbocycles. The van der Waals surface area contributed by atoms with E-state index in [1.807, 2.05) is 6.92 Å². The SMILES string of the molecule is CCCO[C@H]1C[C@@H](C(=O)OC)N(S(C)(=O)=O)C1. The maximum Gasteiger partial charge on any atom is 0.324 e. The van der Waals surface area contributed by atoms with E-state index < -0.39 is 22.0 Å². The minimum atomic E-state index is -3.41. The Kier molecular flexibility index (Phi) is 4.91. The molecule has 0 bridgehead atoms. The van der Waals surface area contributed by atoms with Crippen molar-refractivity contribution in [1.82, 2.24) is 4.31 Å². The van der Waals surface area contributed by atoms with Gasteiger partial charge in [-0.15, -0.1) is 0 Å². The van der Waals surface area contributed by atoms with Gasteiger partial charge in [0.15, 0.2) is 0 Å². The van der Waals surface area contributed by atoms with Crippen molar-refractivity contribution in [2.75, 3.05) is 26.5 Å². The number of ether oxygens (including phenoxy) is 2. The Balaban J connectivity index is 2.76. The molecule has 2 atom stereocenters. The maximum absolute atomic E-state index is 11.5. The molecule has 1 aliphatic rings. The average molecular weight is 265 g/mol. The molecule has 0 amide bonds. The van der Waals surface area contributed by atoms with E-state index in [9.17, 15) is 13.2 Å². The normalized spacial score (nSPS) is 26.1. The summed E-state index contributed by atoms with van der Waals surface area (Å²) in [7, 11) is -2.16. The van der Waals surface area contributed by atoms with Crippen molar-refractivity contribution >= 4 is 16.0 Å². The topological polar surface area (TPSA) is 72.9 Å². The second kappa shape index (κ2) is 5.79. The highest BCUT2D eigenvalue weighted by Gasteiger charge is 2.42. The summed E-state index contributed by atoms with van der Waals surface area (Å²) in [6.07, 6.45) is 2.08. The zero-order chi connectivity index (χ0) is 13.1. The molecule has 0 N–H and O–H groups in total. The highest BCUT2D eigenvalue weighted by molar-refractivity contribution is 7.88. The van der Waals surface area contributed by atoms with Gasteiger partial charge in [-0.05, 0) is 6.42 Å². The fraction of sp³-hybridized carbons (Fsp3) is 0.900. The summed E-state index contributed by atoms with van der Waals surface area (Å²) in [5, 5.41) is 0. The summed E-state index contributed by atoms with van der Waals surface area (Å²) < 4.78 is 34.3. The molecule has 0 aromatic rings. The first-order valence-electron chi connectivity index (χ1n) is 5.56. The van der Waals surface area contributed by atoms with E-state index in [1.165, 1.54) is 7.11 Å². The smallest absolute Gasteiger partial charge is 0.324 e. The molecule has 7 heteroatoms. The first-order valence-corrected chi connectivity index (χ1v) is 7.41. The summed E-state index contributed by atoms with van der Waals surface area (Å²) in [6.45, 7) is 2.76. The number of esters is 1. The molecule has 1 heterocycles.